The van der Waals surface area contributed by atoms with Crippen molar-refractivity contribution in [1.29, 1.82) is 0 Å². The molecule has 240 valence electrons. The van der Waals surface area contributed by atoms with E-state index in [2.05, 4.69) is 36.4 Å². The lowest BCUT2D eigenvalue weighted by Crippen LogP contribution is -2.15. The fourth-order valence-corrected chi connectivity index (χ4v) is 5.65. The minimum atomic E-state index is -0.522. The number of unbranched alkanes of at least 4 members (excludes halogenated alkanes) is 18. The molecular weight excluding hydrogens is 647 g/mol. The van der Waals surface area contributed by atoms with Crippen LogP contribution in [0.15, 0.2) is 42.5 Å². The zero-order valence-corrected chi connectivity index (χ0v) is 29.3. The number of carbonyl (C=O) groups excluding carboxylic acids is 2. The SMILES string of the molecule is CCCCCCCCCCCCOc1ccc(C(=O)C(=O)c2ccc(I)cc2)cc1OCCCCCCCCCCCC. The lowest BCUT2D eigenvalue weighted by Gasteiger charge is -2.14. The van der Waals surface area contributed by atoms with Crippen molar-refractivity contribution in [3.63, 3.8) is 0 Å². The molecule has 0 fully saturated rings. The molecule has 2 aromatic carbocycles. The van der Waals surface area contributed by atoms with Gasteiger partial charge in [-0.1, -0.05) is 129 Å². The molecule has 43 heavy (non-hydrogen) atoms. The third-order valence-corrected chi connectivity index (χ3v) is 8.75. The van der Waals surface area contributed by atoms with Crippen molar-refractivity contribution in [2.45, 2.75) is 142 Å². The maximum Gasteiger partial charge on any atom is 0.233 e. The molecule has 2 rings (SSSR count). The molecule has 0 aliphatic rings. The van der Waals surface area contributed by atoms with Crippen LogP contribution in [-0.2, 0) is 0 Å². The summed E-state index contributed by atoms with van der Waals surface area (Å²) in [5, 5.41) is 0. The Hall–Kier alpha value is -1.89. The lowest BCUT2D eigenvalue weighted by atomic mass is 10.0. The number of benzene rings is 2. The van der Waals surface area contributed by atoms with E-state index in [1.165, 1.54) is 103 Å². The summed E-state index contributed by atoms with van der Waals surface area (Å²) in [7, 11) is 0. The van der Waals surface area contributed by atoms with Gasteiger partial charge in [0.1, 0.15) is 0 Å². The molecule has 0 amide bonds. The summed E-state index contributed by atoms with van der Waals surface area (Å²) in [5.41, 5.74) is 0.743. The van der Waals surface area contributed by atoms with E-state index in [4.69, 9.17) is 9.47 Å². The molecule has 2 aromatic rings. The summed E-state index contributed by atoms with van der Waals surface area (Å²) >= 11 is 2.19. The molecule has 0 aromatic heterocycles. The first-order valence-electron chi connectivity index (χ1n) is 17.3. The molecule has 0 saturated carbocycles. The Morgan fingerprint density at radius 1 is 0.488 bits per heavy atom. The van der Waals surface area contributed by atoms with Crippen LogP contribution in [0.1, 0.15) is 163 Å². The molecule has 5 heteroatoms. The smallest absolute Gasteiger partial charge is 0.233 e. The summed E-state index contributed by atoms with van der Waals surface area (Å²) in [6.45, 7) is 5.72. The monoisotopic (exact) mass is 704 g/mol. The van der Waals surface area contributed by atoms with E-state index in [0.717, 1.165) is 29.3 Å². The third kappa shape index (κ3) is 16.7. The zero-order valence-electron chi connectivity index (χ0n) is 27.1. The van der Waals surface area contributed by atoms with Gasteiger partial charge in [0.25, 0.3) is 0 Å². The van der Waals surface area contributed by atoms with Crippen LogP contribution in [0.5, 0.6) is 11.5 Å². The van der Waals surface area contributed by atoms with Crippen molar-refractivity contribution in [2.75, 3.05) is 13.2 Å². The highest BCUT2D eigenvalue weighted by atomic mass is 127. The fraction of sp³-hybridized carbons (Fsp3) is 0.632. The van der Waals surface area contributed by atoms with Gasteiger partial charge in [0.05, 0.1) is 13.2 Å². The van der Waals surface area contributed by atoms with Gasteiger partial charge in [-0.05, 0) is 77.9 Å². The predicted octanol–water partition coefficient (Wildman–Crippen LogP) is 12.0. The Balaban J connectivity index is 1.84. The van der Waals surface area contributed by atoms with Crippen LogP contribution in [0.2, 0.25) is 0 Å². The normalized spacial score (nSPS) is 11.0. The molecule has 0 aliphatic carbocycles. The minimum absolute atomic E-state index is 0.341. The van der Waals surface area contributed by atoms with Crippen LogP contribution < -0.4 is 9.47 Å². The van der Waals surface area contributed by atoms with Crippen molar-refractivity contribution < 1.29 is 19.1 Å². The molecule has 0 atom stereocenters. The van der Waals surface area contributed by atoms with Gasteiger partial charge >= 0.3 is 0 Å². The Labute approximate surface area is 276 Å². The first kappa shape index (κ1) is 37.3. The highest BCUT2D eigenvalue weighted by Gasteiger charge is 2.20. The Morgan fingerprint density at radius 3 is 1.33 bits per heavy atom. The number of rotatable bonds is 27. The van der Waals surface area contributed by atoms with E-state index in [-0.39, 0.29) is 0 Å². The summed E-state index contributed by atoms with van der Waals surface area (Å²) < 4.78 is 13.3. The first-order chi connectivity index (χ1) is 21.1. The lowest BCUT2D eigenvalue weighted by molar-refractivity contribution is 0.0816. The second-order valence-electron chi connectivity index (χ2n) is 11.9. The molecule has 0 radical (unpaired) electrons. The van der Waals surface area contributed by atoms with Gasteiger partial charge < -0.3 is 9.47 Å². The van der Waals surface area contributed by atoms with E-state index >= 15 is 0 Å². The molecule has 0 N–H and O–H groups in total. The predicted molar refractivity (Wildman–Crippen MR) is 189 cm³/mol. The highest BCUT2D eigenvalue weighted by Crippen LogP contribution is 2.30. The largest absolute Gasteiger partial charge is 0.490 e. The van der Waals surface area contributed by atoms with Crippen LogP contribution in [0, 0.1) is 3.57 Å². The van der Waals surface area contributed by atoms with Gasteiger partial charge in [-0.15, -0.1) is 0 Å². The standard InChI is InChI=1S/C38H57IO4/c1-3-5-7-9-11-13-15-17-19-21-29-42-35-28-25-33(38(41)37(40)32-23-26-34(39)27-24-32)31-36(35)43-30-22-20-18-16-14-12-10-8-6-4-2/h23-28,31H,3-22,29-30H2,1-2H3. The van der Waals surface area contributed by atoms with Gasteiger partial charge in [-0.3, -0.25) is 9.59 Å². The first-order valence-corrected chi connectivity index (χ1v) is 18.4. The molecule has 0 unspecified atom stereocenters. The molecule has 0 bridgehead atoms. The second kappa shape index (κ2) is 24.4. The number of carbonyl (C=O) groups is 2. The van der Waals surface area contributed by atoms with Crippen molar-refractivity contribution in [2.24, 2.45) is 0 Å². The maximum absolute atomic E-state index is 13.1. The quantitative estimate of drug-likeness (QED) is 0.0402. The van der Waals surface area contributed by atoms with E-state index in [1.807, 2.05) is 12.1 Å². The number of ether oxygens (including phenoxy) is 2. The maximum atomic E-state index is 13.1. The fourth-order valence-electron chi connectivity index (χ4n) is 5.29. The van der Waals surface area contributed by atoms with Gasteiger partial charge in [-0.2, -0.15) is 0 Å². The number of halogens is 1. The summed E-state index contributed by atoms with van der Waals surface area (Å²) in [5.74, 6) is 0.188. The second-order valence-corrected chi connectivity index (χ2v) is 13.1. The third-order valence-electron chi connectivity index (χ3n) is 8.03. The van der Waals surface area contributed by atoms with Gasteiger partial charge in [0, 0.05) is 14.7 Å². The highest BCUT2D eigenvalue weighted by molar-refractivity contribution is 14.1. The number of hydrogen-bond acceptors (Lipinski definition) is 4. The van der Waals surface area contributed by atoms with Crippen LogP contribution in [0.3, 0.4) is 0 Å². The number of ketones is 2. The van der Waals surface area contributed by atoms with E-state index in [0.29, 0.717) is 35.8 Å². The molecule has 0 aliphatic heterocycles. The van der Waals surface area contributed by atoms with Gasteiger partial charge in [-0.25, -0.2) is 0 Å². The summed E-state index contributed by atoms with van der Waals surface area (Å²) in [6, 6.07) is 12.3. The average molecular weight is 705 g/mol. The summed E-state index contributed by atoms with van der Waals surface area (Å²) in [4.78, 5) is 25.9. The summed E-state index contributed by atoms with van der Waals surface area (Å²) in [6.07, 6.45) is 25.4. The van der Waals surface area contributed by atoms with E-state index in [9.17, 15) is 9.59 Å². The van der Waals surface area contributed by atoms with Crippen molar-refractivity contribution in [1.82, 2.24) is 0 Å². The van der Waals surface area contributed by atoms with Crippen molar-refractivity contribution >= 4 is 34.2 Å². The van der Waals surface area contributed by atoms with Crippen LogP contribution in [0.4, 0.5) is 0 Å². The van der Waals surface area contributed by atoms with Crippen LogP contribution >= 0.6 is 22.6 Å². The molecule has 0 heterocycles. The number of Topliss-reactive ketones (excluding diaryl/α,β-unsaturated/α-hetero) is 2. The Morgan fingerprint density at radius 2 is 0.860 bits per heavy atom. The molecule has 4 nitrogen and oxygen atoms in total. The van der Waals surface area contributed by atoms with Gasteiger partial charge in [0.2, 0.25) is 11.6 Å². The minimum Gasteiger partial charge on any atom is -0.490 e. The van der Waals surface area contributed by atoms with Crippen LogP contribution in [0.25, 0.3) is 0 Å². The van der Waals surface area contributed by atoms with Crippen molar-refractivity contribution in [3.8, 4) is 11.5 Å². The van der Waals surface area contributed by atoms with Gasteiger partial charge in [0.15, 0.2) is 11.5 Å². The van der Waals surface area contributed by atoms with E-state index < -0.39 is 11.6 Å². The Kier molecular flexibility index (Phi) is 21.2. The molecule has 0 spiro atoms. The Bertz CT molecular complexity index is 1020. The van der Waals surface area contributed by atoms with Crippen molar-refractivity contribution in [3.05, 3.63) is 57.2 Å². The average Bonchev–Trinajstić information content (AvgIpc) is 3.02. The number of hydrogen-bond donors (Lipinski definition) is 0. The topological polar surface area (TPSA) is 52.6 Å². The molecular formula is C38H57IO4. The molecule has 0 saturated heterocycles. The van der Waals surface area contributed by atoms with E-state index in [1.54, 1.807) is 30.3 Å². The zero-order chi connectivity index (χ0) is 31.0. The van der Waals surface area contributed by atoms with Crippen LogP contribution in [-0.4, -0.2) is 24.8 Å².